The van der Waals surface area contributed by atoms with Crippen molar-refractivity contribution in [1.82, 2.24) is 0 Å². The van der Waals surface area contributed by atoms with E-state index < -0.39 is 5.63 Å². The molecule has 1 aliphatic carbocycles. The van der Waals surface area contributed by atoms with Crippen LogP contribution in [0.15, 0.2) is 39.6 Å². The second-order valence-electron chi connectivity index (χ2n) is 5.07. The summed E-state index contributed by atoms with van der Waals surface area (Å²) in [6.45, 7) is 1.87. The molecule has 0 saturated heterocycles. The van der Waals surface area contributed by atoms with Crippen LogP contribution in [0.4, 0.5) is 0 Å². The summed E-state index contributed by atoms with van der Waals surface area (Å²) in [5.41, 5.74) is 1.31. The van der Waals surface area contributed by atoms with Crippen LogP contribution in [0, 0.1) is 6.92 Å². The van der Waals surface area contributed by atoms with Gasteiger partial charge in [0.1, 0.15) is 11.3 Å². The molecular weight excluding hydrogens is 240 g/mol. The van der Waals surface area contributed by atoms with E-state index in [9.17, 15) is 9.90 Å². The molecule has 1 atom stereocenters. The smallest absolute Gasteiger partial charge is 0.343 e. The summed E-state index contributed by atoms with van der Waals surface area (Å²) < 4.78 is 5.41. The lowest BCUT2D eigenvalue weighted by molar-refractivity contribution is 0.447. The number of fused-ring (bicyclic) bond motifs is 1. The first-order chi connectivity index (χ1) is 9.18. The van der Waals surface area contributed by atoms with Gasteiger partial charge >= 0.3 is 5.63 Å². The van der Waals surface area contributed by atoms with Crippen LogP contribution >= 0.6 is 0 Å². The quantitative estimate of drug-likeness (QED) is 0.626. The molecule has 1 unspecified atom stereocenters. The second kappa shape index (κ2) is 4.57. The SMILES string of the molecule is Cc1cccc2c(O)c(C3C=CCCC3)c(=O)oc12. The van der Waals surface area contributed by atoms with E-state index in [2.05, 4.69) is 6.08 Å². The number of rotatable bonds is 1. The Kier molecular flexibility index (Phi) is 2.90. The molecule has 1 heterocycles. The van der Waals surface area contributed by atoms with Crippen LogP contribution in [-0.2, 0) is 0 Å². The maximum atomic E-state index is 12.1. The molecule has 3 rings (SSSR count). The number of para-hydroxylation sites is 1. The monoisotopic (exact) mass is 256 g/mol. The van der Waals surface area contributed by atoms with Gasteiger partial charge in [0.05, 0.1) is 10.9 Å². The van der Waals surface area contributed by atoms with E-state index in [-0.39, 0.29) is 11.7 Å². The molecule has 0 saturated carbocycles. The topological polar surface area (TPSA) is 50.4 Å². The first-order valence-corrected chi connectivity index (χ1v) is 6.60. The number of allylic oxidation sites excluding steroid dienone is 2. The Balaban J connectivity index is 2.28. The fourth-order valence-electron chi connectivity index (χ4n) is 2.74. The molecule has 0 fully saturated rings. The van der Waals surface area contributed by atoms with Crippen LogP contribution in [0.3, 0.4) is 0 Å². The van der Waals surface area contributed by atoms with Gasteiger partial charge in [-0.15, -0.1) is 0 Å². The van der Waals surface area contributed by atoms with Gasteiger partial charge in [-0.2, -0.15) is 0 Å². The van der Waals surface area contributed by atoms with E-state index >= 15 is 0 Å². The molecular formula is C16H16O3. The average molecular weight is 256 g/mol. The molecule has 3 heteroatoms. The van der Waals surface area contributed by atoms with Crippen LogP contribution in [-0.4, -0.2) is 5.11 Å². The van der Waals surface area contributed by atoms with Crippen molar-refractivity contribution in [3.05, 3.63) is 51.9 Å². The van der Waals surface area contributed by atoms with Crippen molar-refractivity contribution in [1.29, 1.82) is 0 Å². The maximum absolute atomic E-state index is 12.1. The highest BCUT2D eigenvalue weighted by Crippen LogP contribution is 2.36. The van der Waals surface area contributed by atoms with Crippen molar-refractivity contribution in [3.8, 4) is 5.75 Å². The Morgan fingerprint density at radius 2 is 2.21 bits per heavy atom. The summed E-state index contributed by atoms with van der Waals surface area (Å²) in [6.07, 6.45) is 7.01. The van der Waals surface area contributed by atoms with Gasteiger partial charge in [0.15, 0.2) is 0 Å². The molecule has 98 valence electrons. The van der Waals surface area contributed by atoms with E-state index in [1.165, 1.54) is 0 Å². The average Bonchev–Trinajstić information content (AvgIpc) is 2.41. The molecule has 1 aliphatic rings. The third kappa shape index (κ3) is 1.95. The Hall–Kier alpha value is -2.03. The van der Waals surface area contributed by atoms with Crippen molar-refractivity contribution in [2.45, 2.75) is 32.1 Å². The van der Waals surface area contributed by atoms with Gasteiger partial charge in [0.25, 0.3) is 0 Å². The lowest BCUT2D eigenvalue weighted by Crippen LogP contribution is -2.13. The minimum absolute atomic E-state index is 0.0325. The van der Waals surface area contributed by atoms with Gasteiger partial charge in [-0.3, -0.25) is 0 Å². The Morgan fingerprint density at radius 3 is 2.95 bits per heavy atom. The molecule has 1 N–H and O–H groups in total. The second-order valence-corrected chi connectivity index (χ2v) is 5.07. The van der Waals surface area contributed by atoms with Gasteiger partial charge in [0, 0.05) is 5.92 Å². The van der Waals surface area contributed by atoms with Crippen molar-refractivity contribution in [3.63, 3.8) is 0 Å². The first-order valence-electron chi connectivity index (χ1n) is 6.60. The minimum atomic E-state index is -0.421. The Bertz CT molecular complexity index is 710. The summed E-state index contributed by atoms with van der Waals surface area (Å²) in [5.74, 6) is 0.0430. The Labute approximate surface area is 111 Å². The van der Waals surface area contributed by atoms with Crippen molar-refractivity contribution < 1.29 is 9.52 Å². The number of benzene rings is 1. The molecule has 2 aromatic rings. The van der Waals surface area contributed by atoms with E-state index in [4.69, 9.17) is 4.42 Å². The number of aromatic hydroxyl groups is 1. The normalized spacial score (nSPS) is 18.9. The van der Waals surface area contributed by atoms with Crippen LogP contribution in [0.2, 0.25) is 0 Å². The third-order valence-electron chi connectivity index (χ3n) is 3.76. The summed E-state index contributed by atoms with van der Waals surface area (Å²) in [5, 5.41) is 11.0. The fraction of sp³-hybridized carbons (Fsp3) is 0.312. The highest BCUT2D eigenvalue weighted by Gasteiger charge is 2.22. The molecule has 1 aromatic carbocycles. The summed E-state index contributed by atoms with van der Waals surface area (Å²) in [6, 6.07) is 5.51. The highest BCUT2D eigenvalue weighted by molar-refractivity contribution is 5.86. The van der Waals surface area contributed by atoms with Crippen LogP contribution < -0.4 is 5.63 Å². The van der Waals surface area contributed by atoms with Gasteiger partial charge < -0.3 is 9.52 Å². The van der Waals surface area contributed by atoms with Gasteiger partial charge in [0.2, 0.25) is 0 Å². The van der Waals surface area contributed by atoms with Gasteiger partial charge in [-0.1, -0.05) is 24.3 Å². The van der Waals surface area contributed by atoms with Gasteiger partial charge in [-0.25, -0.2) is 4.79 Å². The largest absolute Gasteiger partial charge is 0.507 e. The predicted molar refractivity (Wildman–Crippen MR) is 74.6 cm³/mol. The van der Waals surface area contributed by atoms with Gasteiger partial charge in [-0.05, 0) is 37.8 Å². The molecule has 0 spiro atoms. The Morgan fingerprint density at radius 1 is 1.37 bits per heavy atom. The summed E-state index contributed by atoms with van der Waals surface area (Å²) >= 11 is 0. The number of hydrogen-bond acceptors (Lipinski definition) is 3. The summed E-state index contributed by atoms with van der Waals surface area (Å²) in [7, 11) is 0. The zero-order chi connectivity index (χ0) is 13.4. The van der Waals surface area contributed by atoms with E-state index in [0.717, 1.165) is 24.8 Å². The van der Waals surface area contributed by atoms with Crippen LogP contribution in [0.1, 0.15) is 36.3 Å². The lowest BCUT2D eigenvalue weighted by atomic mass is 9.89. The molecule has 19 heavy (non-hydrogen) atoms. The zero-order valence-corrected chi connectivity index (χ0v) is 10.8. The highest BCUT2D eigenvalue weighted by atomic mass is 16.4. The number of hydrogen-bond donors (Lipinski definition) is 1. The van der Waals surface area contributed by atoms with E-state index in [1.807, 2.05) is 25.1 Å². The minimum Gasteiger partial charge on any atom is -0.507 e. The zero-order valence-electron chi connectivity index (χ0n) is 10.8. The van der Waals surface area contributed by atoms with E-state index in [0.29, 0.717) is 16.5 Å². The van der Waals surface area contributed by atoms with Crippen LogP contribution in [0.5, 0.6) is 5.75 Å². The lowest BCUT2D eigenvalue weighted by Gasteiger charge is -2.17. The molecule has 1 aromatic heterocycles. The van der Waals surface area contributed by atoms with Crippen molar-refractivity contribution >= 4 is 11.0 Å². The molecule has 0 bridgehead atoms. The summed E-state index contributed by atoms with van der Waals surface area (Å²) in [4.78, 5) is 12.1. The maximum Gasteiger partial charge on any atom is 0.343 e. The van der Waals surface area contributed by atoms with E-state index in [1.54, 1.807) is 6.07 Å². The van der Waals surface area contributed by atoms with Crippen LogP contribution in [0.25, 0.3) is 11.0 Å². The first kappa shape index (κ1) is 12.0. The molecule has 3 nitrogen and oxygen atoms in total. The number of aryl methyl sites for hydroxylation is 1. The molecule has 0 radical (unpaired) electrons. The standard InChI is InChI=1S/C16H16O3/c1-10-6-5-9-12-14(17)13(16(18)19-15(10)12)11-7-3-2-4-8-11/h3,5-7,9,11,17H,2,4,8H2,1H3. The molecule has 0 aliphatic heterocycles. The van der Waals surface area contributed by atoms with Crippen molar-refractivity contribution in [2.75, 3.05) is 0 Å². The third-order valence-corrected chi connectivity index (χ3v) is 3.76. The molecule has 0 amide bonds. The predicted octanol–water partition coefficient (Wildman–Crippen LogP) is 3.63. The van der Waals surface area contributed by atoms with Crippen molar-refractivity contribution in [2.24, 2.45) is 0 Å². The fourth-order valence-corrected chi connectivity index (χ4v) is 2.74.